The third kappa shape index (κ3) is 3.62. The van der Waals surface area contributed by atoms with Crippen molar-refractivity contribution >= 4 is 33.3 Å². The number of benzene rings is 1. The number of aromatic nitrogens is 2. The summed E-state index contributed by atoms with van der Waals surface area (Å²) in [5.41, 5.74) is 1.64. The van der Waals surface area contributed by atoms with E-state index in [0.29, 0.717) is 30.2 Å². The molecule has 3 rings (SSSR count). The Bertz CT molecular complexity index is 1050. The lowest BCUT2D eigenvalue weighted by Crippen LogP contribution is -2.22. The highest BCUT2D eigenvalue weighted by molar-refractivity contribution is 7.99. The number of thioether (sulfide) groups is 1. The number of aryl methyl sites for hydroxylation is 2. The van der Waals surface area contributed by atoms with Gasteiger partial charge in [-0.3, -0.25) is 9.36 Å². The zero-order valence-corrected chi connectivity index (χ0v) is 16.5. The Morgan fingerprint density at radius 2 is 2.19 bits per heavy atom. The third-order valence-electron chi connectivity index (χ3n) is 4.12. The summed E-state index contributed by atoms with van der Waals surface area (Å²) in [5.74, 6) is 1.34. The maximum absolute atomic E-state index is 12.8. The highest BCUT2D eigenvalue weighted by Gasteiger charge is 2.15. The SMILES string of the molecule is CCn1c(SCCOc2cccc(C#N)c2)nc2sc(C)c(C)c2c1=O. The van der Waals surface area contributed by atoms with Crippen LogP contribution in [-0.4, -0.2) is 21.9 Å². The number of fused-ring (bicyclic) bond motifs is 1. The lowest BCUT2D eigenvalue weighted by molar-refractivity contribution is 0.343. The fraction of sp³-hybridized carbons (Fsp3) is 0.316. The van der Waals surface area contributed by atoms with Crippen molar-refractivity contribution in [3.63, 3.8) is 0 Å². The van der Waals surface area contributed by atoms with Crippen LogP contribution < -0.4 is 10.3 Å². The molecular formula is C19H19N3O2S2. The number of hydrogen-bond acceptors (Lipinski definition) is 6. The maximum atomic E-state index is 12.8. The molecule has 0 unspecified atom stereocenters. The van der Waals surface area contributed by atoms with Crippen LogP contribution in [0.3, 0.4) is 0 Å². The minimum absolute atomic E-state index is 0.0319. The summed E-state index contributed by atoms with van der Waals surface area (Å²) < 4.78 is 7.42. The first-order valence-corrected chi connectivity index (χ1v) is 10.1. The van der Waals surface area contributed by atoms with E-state index in [9.17, 15) is 4.79 Å². The molecular weight excluding hydrogens is 366 g/mol. The molecule has 2 aromatic heterocycles. The van der Waals surface area contributed by atoms with Crippen molar-refractivity contribution in [3.8, 4) is 11.8 Å². The highest BCUT2D eigenvalue weighted by Crippen LogP contribution is 2.28. The topological polar surface area (TPSA) is 67.9 Å². The van der Waals surface area contributed by atoms with E-state index in [1.807, 2.05) is 26.8 Å². The Morgan fingerprint density at radius 1 is 1.38 bits per heavy atom. The molecule has 26 heavy (non-hydrogen) atoms. The number of hydrogen-bond donors (Lipinski definition) is 0. The van der Waals surface area contributed by atoms with Gasteiger partial charge in [0.25, 0.3) is 5.56 Å². The van der Waals surface area contributed by atoms with Gasteiger partial charge >= 0.3 is 0 Å². The highest BCUT2D eigenvalue weighted by atomic mass is 32.2. The van der Waals surface area contributed by atoms with Crippen LogP contribution in [-0.2, 0) is 6.54 Å². The summed E-state index contributed by atoms with van der Waals surface area (Å²) in [6.45, 7) is 7.02. The standard InChI is InChI=1S/C19H19N3O2S2/c1-4-22-18(23)16-12(2)13(3)26-17(16)21-19(22)25-9-8-24-15-7-5-6-14(10-15)11-20/h5-7,10H,4,8-9H2,1-3H3. The molecule has 0 saturated carbocycles. The number of nitriles is 1. The summed E-state index contributed by atoms with van der Waals surface area (Å²) in [4.78, 5) is 19.4. The van der Waals surface area contributed by atoms with Gasteiger partial charge in [-0.15, -0.1) is 11.3 Å². The van der Waals surface area contributed by atoms with Crippen LogP contribution in [0.25, 0.3) is 10.2 Å². The molecule has 3 aromatic rings. The van der Waals surface area contributed by atoms with Gasteiger partial charge in [0.2, 0.25) is 0 Å². The Hall–Kier alpha value is -2.30. The molecule has 0 aliphatic rings. The van der Waals surface area contributed by atoms with Crippen molar-refractivity contribution in [2.45, 2.75) is 32.5 Å². The van der Waals surface area contributed by atoms with Crippen molar-refractivity contribution < 1.29 is 4.74 Å². The van der Waals surface area contributed by atoms with Crippen LogP contribution in [0.15, 0.2) is 34.2 Å². The fourth-order valence-corrected chi connectivity index (χ4v) is 4.60. The van der Waals surface area contributed by atoms with Gasteiger partial charge in [-0.05, 0) is 44.5 Å². The summed E-state index contributed by atoms with van der Waals surface area (Å²) in [5, 5.41) is 10.4. The molecule has 0 aliphatic heterocycles. The van der Waals surface area contributed by atoms with Crippen molar-refractivity contribution in [2.75, 3.05) is 12.4 Å². The molecule has 0 amide bonds. The van der Waals surface area contributed by atoms with Crippen LogP contribution in [0.5, 0.6) is 5.75 Å². The van der Waals surface area contributed by atoms with E-state index in [0.717, 1.165) is 25.8 Å². The Labute approximate surface area is 160 Å². The van der Waals surface area contributed by atoms with E-state index < -0.39 is 0 Å². The van der Waals surface area contributed by atoms with Gasteiger partial charge in [0.05, 0.1) is 23.6 Å². The second kappa shape index (κ2) is 7.94. The number of ether oxygens (including phenoxy) is 1. The van der Waals surface area contributed by atoms with Crippen LogP contribution in [0, 0.1) is 25.2 Å². The molecule has 0 N–H and O–H groups in total. The predicted octanol–water partition coefficient (Wildman–Crippen LogP) is 4.14. The smallest absolute Gasteiger partial charge is 0.263 e. The predicted molar refractivity (Wildman–Crippen MR) is 106 cm³/mol. The molecule has 0 saturated heterocycles. The second-order valence-electron chi connectivity index (χ2n) is 5.74. The lowest BCUT2D eigenvalue weighted by Gasteiger charge is -2.10. The Morgan fingerprint density at radius 3 is 2.92 bits per heavy atom. The van der Waals surface area contributed by atoms with Crippen LogP contribution in [0.1, 0.15) is 22.9 Å². The van der Waals surface area contributed by atoms with Gasteiger partial charge in [-0.2, -0.15) is 5.26 Å². The number of rotatable bonds is 6. The normalized spacial score (nSPS) is 10.8. The van der Waals surface area contributed by atoms with Crippen LogP contribution in [0.2, 0.25) is 0 Å². The lowest BCUT2D eigenvalue weighted by atomic mass is 10.2. The first-order valence-electron chi connectivity index (χ1n) is 8.31. The summed E-state index contributed by atoms with van der Waals surface area (Å²) >= 11 is 3.08. The molecule has 2 heterocycles. The molecule has 0 spiro atoms. The molecule has 134 valence electrons. The van der Waals surface area contributed by atoms with Gasteiger partial charge in [0.15, 0.2) is 5.16 Å². The van der Waals surface area contributed by atoms with E-state index in [1.165, 1.54) is 11.8 Å². The third-order valence-corrected chi connectivity index (χ3v) is 6.16. The minimum Gasteiger partial charge on any atom is -0.493 e. The van der Waals surface area contributed by atoms with Crippen molar-refractivity contribution in [1.82, 2.24) is 9.55 Å². The Kier molecular flexibility index (Phi) is 5.64. The van der Waals surface area contributed by atoms with E-state index in [4.69, 9.17) is 15.0 Å². The summed E-state index contributed by atoms with van der Waals surface area (Å²) in [6, 6.07) is 9.18. The van der Waals surface area contributed by atoms with Gasteiger partial charge in [0, 0.05) is 17.2 Å². The first-order chi connectivity index (χ1) is 12.5. The summed E-state index contributed by atoms with van der Waals surface area (Å²) in [7, 11) is 0. The van der Waals surface area contributed by atoms with Crippen molar-refractivity contribution in [3.05, 3.63) is 50.6 Å². The molecule has 5 nitrogen and oxygen atoms in total. The van der Waals surface area contributed by atoms with E-state index in [2.05, 4.69) is 6.07 Å². The molecule has 0 aliphatic carbocycles. The largest absolute Gasteiger partial charge is 0.493 e. The van der Waals surface area contributed by atoms with Gasteiger partial charge in [-0.25, -0.2) is 4.98 Å². The van der Waals surface area contributed by atoms with Crippen LogP contribution in [0.4, 0.5) is 0 Å². The molecule has 0 atom stereocenters. The van der Waals surface area contributed by atoms with Crippen molar-refractivity contribution in [1.29, 1.82) is 5.26 Å². The quantitative estimate of drug-likeness (QED) is 0.362. The fourth-order valence-electron chi connectivity index (χ4n) is 2.65. The first kappa shape index (κ1) is 18.5. The monoisotopic (exact) mass is 385 g/mol. The molecule has 7 heteroatoms. The van der Waals surface area contributed by atoms with E-state index in [1.54, 1.807) is 34.1 Å². The zero-order valence-electron chi connectivity index (χ0n) is 14.9. The molecule has 0 fully saturated rings. The van der Waals surface area contributed by atoms with Gasteiger partial charge < -0.3 is 4.74 Å². The van der Waals surface area contributed by atoms with Crippen molar-refractivity contribution in [2.24, 2.45) is 0 Å². The average molecular weight is 386 g/mol. The molecule has 1 aromatic carbocycles. The number of nitrogens with zero attached hydrogens (tertiary/aromatic N) is 3. The van der Waals surface area contributed by atoms with Crippen LogP contribution >= 0.6 is 23.1 Å². The minimum atomic E-state index is 0.0319. The number of thiophene rings is 1. The molecule has 0 bridgehead atoms. The maximum Gasteiger partial charge on any atom is 0.263 e. The van der Waals surface area contributed by atoms with Gasteiger partial charge in [-0.1, -0.05) is 17.8 Å². The average Bonchev–Trinajstić information content (AvgIpc) is 2.93. The van der Waals surface area contributed by atoms with Gasteiger partial charge in [0.1, 0.15) is 10.6 Å². The summed E-state index contributed by atoms with van der Waals surface area (Å²) in [6.07, 6.45) is 0. The zero-order chi connectivity index (χ0) is 18.7. The Balaban J connectivity index is 1.74. The van der Waals surface area contributed by atoms with E-state index >= 15 is 0 Å². The van der Waals surface area contributed by atoms with E-state index in [-0.39, 0.29) is 5.56 Å². The molecule has 0 radical (unpaired) electrons. The second-order valence-corrected chi connectivity index (χ2v) is 8.01.